The highest BCUT2D eigenvalue weighted by atomic mass is 31.2. The summed E-state index contributed by atoms with van der Waals surface area (Å²) in [5.74, 6) is 4.31. The van der Waals surface area contributed by atoms with Crippen LogP contribution in [0.5, 0.6) is 0 Å². The average Bonchev–Trinajstić information content (AvgIpc) is 2.81. The van der Waals surface area contributed by atoms with E-state index in [1.165, 1.54) is 0 Å². The van der Waals surface area contributed by atoms with E-state index in [0.717, 1.165) is 0 Å². The molecule has 0 aromatic heterocycles. The van der Waals surface area contributed by atoms with E-state index >= 15 is 0 Å². The zero-order valence-corrected chi connectivity index (χ0v) is 19.8. The summed E-state index contributed by atoms with van der Waals surface area (Å²) in [7, 11) is -4.97. The first-order valence-electron chi connectivity index (χ1n) is 10.8. The number of hydrogen-bond donors (Lipinski definition) is 10. The molecule has 2 fully saturated rings. The summed E-state index contributed by atoms with van der Waals surface area (Å²) >= 11 is 0. The van der Waals surface area contributed by atoms with Crippen molar-refractivity contribution in [1.82, 2.24) is 5.32 Å². The Morgan fingerprint density at radius 3 is 2.19 bits per heavy atom. The number of carbonyl (C=O) groups excluding carboxylic acids is 1. The van der Waals surface area contributed by atoms with Crippen LogP contribution in [0.4, 0.5) is 0 Å². The van der Waals surface area contributed by atoms with Crippen LogP contribution in [0.3, 0.4) is 0 Å². The van der Waals surface area contributed by atoms with E-state index in [1.54, 1.807) is 0 Å². The lowest BCUT2D eigenvalue weighted by molar-refractivity contribution is -0.367. The number of ether oxygens (including phenoxy) is 4. The smallest absolute Gasteiger partial charge is 0.394 e. The van der Waals surface area contributed by atoms with Gasteiger partial charge in [-0.3, -0.25) is 14.2 Å². The first-order chi connectivity index (χ1) is 16.9. The van der Waals surface area contributed by atoms with Crippen molar-refractivity contribution in [3.05, 3.63) is 0 Å². The van der Waals surface area contributed by atoms with Crippen molar-refractivity contribution in [3.8, 4) is 0 Å². The number of amides is 1. The molecular weight excluding hydrogens is 519 g/mol. The molecule has 2 heterocycles. The first-order valence-corrected chi connectivity index (χ1v) is 12.3. The number of aliphatic hydroxyl groups excluding tert-OH is 6. The monoisotopic (exact) mass is 552 g/mol. The molecule has 2 aliphatic heterocycles. The zero-order valence-electron chi connectivity index (χ0n) is 18.9. The molecule has 19 heteroatoms. The van der Waals surface area contributed by atoms with Crippen LogP contribution in [0.2, 0.25) is 0 Å². The lowest BCUT2D eigenvalue weighted by Crippen LogP contribution is -2.64. The molecule has 0 saturated carbocycles. The van der Waals surface area contributed by atoms with Gasteiger partial charge in [-0.2, -0.15) is 0 Å². The summed E-state index contributed by atoms with van der Waals surface area (Å²) in [6.45, 7) is -1.88. The van der Waals surface area contributed by atoms with Crippen molar-refractivity contribution >= 4 is 13.7 Å². The molecule has 0 radical (unpaired) electrons. The van der Waals surface area contributed by atoms with Gasteiger partial charge in [0.15, 0.2) is 12.6 Å². The largest absolute Gasteiger partial charge is 0.469 e. The maximum Gasteiger partial charge on any atom is 0.469 e. The van der Waals surface area contributed by atoms with Gasteiger partial charge in [-0.05, 0) is 6.42 Å². The molecule has 0 bridgehead atoms. The van der Waals surface area contributed by atoms with Gasteiger partial charge < -0.3 is 64.7 Å². The van der Waals surface area contributed by atoms with Crippen molar-refractivity contribution < 1.29 is 78.1 Å². The molecule has 0 aromatic carbocycles. The first kappa shape index (κ1) is 31.3. The number of phosphoric ester groups is 1. The van der Waals surface area contributed by atoms with Gasteiger partial charge in [0.2, 0.25) is 5.91 Å². The molecule has 0 aromatic rings. The standard InChI is InChI=1S/C17H33N2O16P/c18-31-6-9(21)19-2-1-3-30-17-15(13(25)10(22)7(4-20)33-17)35-16-14(26)12(24)11(23)8(34-16)5-32-36(27,28)29/h7-8,10-17,20,22-26H,1-6,18H2,(H,19,21)(H2,27,28,29)/t7?,8?,10-,11-,12?,13?,14-,15-,16-,17+/m1/s1. The molecule has 1 amide bonds. The van der Waals surface area contributed by atoms with Gasteiger partial charge in [-0.1, -0.05) is 0 Å². The number of nitrogens with two attached hydrogens (primary N) is 1. The summed E-state index contributed by atoms with van der Waals surface area (Å²) in [5, 5.41) is 63.1. The van der Waals surface area contributed by atoms with Crippen LogP contribution in [-0.4, -0.2) is 141 Å². The quantitative estimate of drug-likeness (QED) is 0.0578. The van der Waals surface area contributed by atoms with E-state index in [1.807, 2.05) is 0 Å². The summed E-state index contributed by atoms with van der Waals surface area (Å²) in [4.78, 5) is 33.2. The Bertz CT molecular complexity index is 729. The molecule has 4 unspecified atom stereocenters. The van der Waals surface area contributed by atoms with Gasteiger partial charge in [0, 0.05) is 6.54 Å². The number of nitrogens with one attached hydrogen (secondary N) is 1. The summed E-state index contributed by atoms with van der Waals surface area (Å²) in [6.07, 6.45) is -16.5. The molecule has 18 nitrogen and oxygen atoms in total. The summed E-state index contributed by atoms with van der Waals surface area (Å²) in [6, 6.07) is 0. The SMILES string of the molecule is NOCC(=O)NCCCO[C@H]1OC(CO)[C@@H](O)C(O)[C@H]1O[C@H]1OC(COP(=O)(O)O)[C@@H](O)C(O)[C@H]1O. The third kappa shape index (κ3) is 8.84. The van der Waals surface area contributed by atoms with Crippen molar-refractivity contribution in [3.63, 3.8) is 0 Å². The highest BCUT2D eigenvalue weighted by molar-refractivity contribution is 7.46. The van der Waals surface area contributed by atoms with Crippen molar-refractivity contribution in [2.24, 2.45) is 5.90 Å². The predicted octanol–water partition coefficient (Wildman–Crippen LogP) is -5.86. The molecular formula is C17H33N2O16P. The Balaban J connectivity index is 2.06. The van der Waals surface area contributed by atoms with Gasteiger partial charge in [0.05, 0.1) is 19.8 Å². The maximum atomic E-state index is 11.3. The number of aliphatic hydroxyl groups is 6. The fraction of sp³-hybridized carbons (Fsp3) is 0.941. The molecule has 36 heavy (non-hydrogen) atoms. The Hall–Kier alpha value is -0.900. The molecule has 2 aliphatic rings. The molecule has 2 saturated heterocycles. The maximum absolute atomic E-state index is 11.3. The van der Waals surface area contributed by atoms with Gasteiger partial charge in [0.1, 0.15) is 55.4 Å². The van der Waals surface area contributed by atoms with Gasteiger partial charge in [0.25, 0.3) is 0 Å². The van der Waals surface area contributed by atoms with Crippen molar-refractivity contribution in [1.29, 1.82) is 0 Å². The zero-order chi connectivity index (χ0) is 27.0. The van der Waals surface area contributed by atoms with Gasteiger partial charge >= 0.3 is 7.82 Å². The van der Waals surface area contributed by atoms with Crippen LogP contribution in [-0.2, 0) is 37.7 Å². The Labute approximate surface area is 204 Å². The third-order valence-corrected chi connectivity index (χ3v) is 5.82. The lowest BCUT2D eigenvalue weighted by atomic mass is 9.97. The van der Waals surface area contributed by atoms with Gasteiger partial charge in [-0.15, -0.1) is 0 Å². The third-order valence-electron chi connectivity index (χ3n) is 5.33. The van der Waals surface area contributed by atoms with Crippen molar-refractivity contribution in [2.45, 2.75) is 67.8 Å². The van der Waals surface area contributed by atoms with Crippen molar-refractivity contribution in [2.75, 3.05) is 33.0 Å². The van der Waals surface area contributed by atoms with E-state index < -0.39 is 88.4 Å². The number of hydrogen-bond acceptors (Lipinski definition) is 15. The highest BCUT2D eigenvalue weighted by Gasteiger charge is 2.51. The normalized spacial score (nSPS) is 37.6. The molecule has 10 atom stereocenters. The minimum absolute atomic E-state index is 0.0799. The second kappa shape index (κ2) is 14.3. The van der Waals surface area contributed by atoms with E-state index in [0.29, 0.717) is 0 Å². The lowest BCUT2D eigenvalue weighted by Gasteiger charge is -2.46. The van der Waals surface area contributed by atoms with Crippen LogP contribution >= 0.6 is 7.82 Å². The van der Waals surface area contributed by atoms with Crippen LogP contribution in [0.25, 0.3) is 0 Å². The Kier molecular flexibility index (Phi) is 12.4. The second-order valence-electron chi connectivity index (χ2n) is 7.99. The second-order valence-corrected chi connectivity index (χ2v) is 9.23. The molecule has 0 aliphatic carbocycles. The fourth-order valence-corrected chi connectivity index (χ4v) is 3.79. The minimum atomic E-state index is -4.97. The summed E-state index contributed by atoms with van der Waals surface area (Å²) in [5.41, 5.74) is 0. The predicted molar refractivity (Wildman–Crippen MR) is 111 cm³/mol. The van der Waals surface area contributed by atoms with E-state index in [9.17, 15) is 40.0 Å². The Morgan fingerprint density at radius 1 is 0.944 bits per heavy atom. The van der Waals surface area contributed by atoms with Crippen LogP contribution in [0, 0.1) is 0 Å². The number of phosphoric acid groups is 1. The minimum Gasteiger partial charge on any atom is -0.394 e. The van der Waals surface area contributed by atoms with Crippen LogP contribution in [0.15, 0.2) is 0 Å². The number of carbonyl (C=O) groups is 1. The van der Waals surface area contributed by atoms with E-state index in [-0.39, 0.29) is 26.2 Å². The van der Waals surface area contributed by atoms with Gasteiger partial charge in [-0.25, -0.2) is 10.5 Å². The highest BCUT2D eigenvalue weighted by Crippen LogP contribution is 2.37. The van der Waals surface area contributed by atoms with Crippen LogP contribution < -0.4 is 11.2 Å². The molecule has 212 valence electrons. The molecule has 0 spiro atoms. The topological polar surface area (TPSA) is 289 Å². The Morgan fingerprint density at radius 2 is 1.58 bits per heavy atom. The average molecular weight is 552 g/mol. The molecule has 11 N–H and O–H groups in total. The summed E-state index contributed by atoms with van der Waals surface area (Å²) < 4.78 is 37.0. The van der Waals surface area contributed by atoms with Crippen LogP contribution in [0.1, 0.15) is 6.42 Å². The number of rotatable bonds is 13. The molecule has 2 rings (SSSR count). The fourth-order valence-electron chi connectivity index (χ4n) is 3.45. The van der Waals surface area contributed by atoms with E-state index in [4.69, 9.17) is 34.6 Å². The van der Waals surface area contributed by atoms with E-state index in [2.05, 4.69) is 14.7 Å².